The molecule has 1 aromatic rings. The number of carboxylic acids is 3. The minimum atomic E-state index is -2.14. The van der Waals surface area contributed by atoms with Gasteiger partial charge in [-0.15, -0.1) is 0 Å². The first kappa shape index (κ1) is 93.4. The molecule has 2 saturated heterocycles. The Morgan fingerprint density at radius 2 is 0.936 bits per heavy atom. The summed E-state index contributed by atoms with van der Waals surface area (Å²) in [5, 5.41) is 81.7. The van der Waals surface area contributed by atoms with Gasteiger partial charge in [-0.25, -0.2) is 0 Å². The number of hydrogen-bond acceptors (Lipinski definition) is 25. The second-order valence-corrected chi connectivity index (χ2v) is 26.9. The quantitative estimate of drug-likeness (QED) is 0.0269. The van der Waals surface area contributed by atoms with Crippen molar-refractivity contribution in [2.24, 2.45) is 23.1 Å². The first-order chi connectivity index (χ1) is 51.8. The van der Waals surface area contributed by atoms with E-state index in [9.17, 15) is 116 Å². The second kappa shape index (κ2) is 47.2. The number of carboxylic acid groups (broad SMARTS) is 3. The number of aliphatic hydroxyl groups excluding tert-OH is 2. The fourth-order valence-corrected chi connectivity index (χ4v) is 11.6. The van der Waals surface area contributed by atoms with Crippen molar-refractivity contribution in [1.29, 1.82) is 0 Å². The molecule has 2 aliphatic heterocycles. The molecule has 610 valence electrons. The Morgan fingerprint density at radius 3 is 1.46 bits per heavy atom. The van der Waals surface area contributed by atoms with Gasteiger partial charge in [-0.05, 0) is 76.3 Å². The summed E-state index contributed by atoms with van der Waals surface area (Å²) < 4.78 is 0. The highest BCUT2D eigenvalue weighted by atomic mass is 32.1. The average molecular weight is 1600 g/mol. The van der Waals surface area contributed by atoms with E-state index in [1.165, 1.54) is 12.1 Å². The number of primary amides is 3. The van der Waals surface area contributed by atoms with Crippen molar-refractivity contribution < 1.29 is 121 Å². The van der Waals surface area contributed by atoms with Gasteiger partial charge in [0.15, 0.2) is 0 Å². The lowest BCUT2D eigenvalue weighted by atomic mass is 10.0. The van der Waals surface area contributed by atoms with E-state index < -0.39 is 280 Å². The third-order valence-electron chi connectivity index (χ3n) is 16.8. The van der Waals surface area contributed by atoms with Crippen LogP contribution in [0.2, 0.25) is 0 Å². The molecule has 25 N–H and O–H groups in total. The van der Waals surface area contributed by atoms with Crippen LogP contribution in [0.4, 0.5) is 0 Å². The Kier molecular flexibility index (Phi) is 40.1. The van der Waals surface area contributed by atoms with E-state index in [1.807, 2.05) is 10.6 Å². The van der Waals surface area contributed by atoms with Gasteiger partial charge < -0.3 is 122 Å². The Hall–Kier alpha value is -10.8. The maximum Gasteiger partial charge on any atom is 0.322 e. The predicted octanol–water partition coefficient (Wildman–Crippen LogP) is -10.4. The van der Waals surface area contributed by atoms with Crippen molar-refractivity contribution in [3.8, 4) is 0 Å². The molecular formula is C65H98N18O25S2. The van der Waals surface area contributed by atoms with Crippen LogP contribution >= 0.6 is 25.3 Å². The van der Waals surface area contributed by atoms with Gasteiger partial charge in [-0.3, -0.25) is 95.9 Å². The highest BCUT2D eigenvalue weighted by Gasteiger charge is 2.42. The van der Waals surface area contributed by atoms with Crippen molar-refractivity contribution in [3.05, 3.63) is 35.9 Å². The zero-order valence-corrected chi connectivity index (χ0v) is 62.2. The number of aliphatic hydroxyl groups is 2. The number of carbonyl (C=O) groups is 20. The highest BCUT2D eigenvalue weighted by molar-refractivity contribution is 7.80. The summed E-state index contributed by atoms with van der Waals surface area (Å²) in [6.07, 6.45) is -6.43. The summed E-state index contributed by atoms with van der Waals surface area (Å²) >= 11 is 8.34. The molecule has 0 bridgehead atoms. The molecule has 110 heavy (non-hydrogen) atoms. The second-order valence-electron chi connectivity index (χ2n) is 26.1. The van der Waals surface area contributed by atoms with Crippen LogP contribution in [0, 0.1) is 5.92 Å². The maximum absolute atomic E-state index is 14.2. The highest BCUT2D eigenvalue weighted by Crippen LogP contribution is 2.21. The summed E-state index contributed by atoms with van der Waals surface area (Å²) in [7, 11) is 0. The fourth-order valence-electron chi connectivity index (χ4n) is 11.1. The van der Waals surface area contributed by atoms with Gasteiger partial charge in [0.25, 0.3) is 0 Å². The monoisotopic (exact) mass is 1590 g/mol. The molecule has 17 amide bonds. The lowest BCUT2D eigenvalue weighted by Crippen LogP contribution is -2.63. The number of thiol groups is 2. The lowest BCUT2D eigenvalue weighted by molar-refractivity contribution is -0.143. The number of nitrogens with two attached hydrogens (primary N) is 3. The normalized spacial score (nSPS) is 17.0. The van der Waals surface area contributed by atoms with E-state index in [4.69, 9.17) is 22.3 Å². The number of benzene rings is 1. The molecule has 0 aliphatic carbocycles. The minimum Gasteiger partial charge on any atom is -0.481 e. The molecule has 2 fully saturated rings. The van der Waals surface area contributed by atoms with Gasteiger partial charge in [-0.2, -0.15) is 25.3 Å². The molecule has 14 atom stereocenters. The van der Waals surface area contributed by atoms with Crippen molar-refractivity contribution in [2.45, 2.75) is 195 Å². The first-order valence-corrected chi connectivity index (χ1v) is 36.0. The zero-order chi connectivity index (χ0) is 82.6. The predicted molar refractivity (Wildman–Crippen MR) is 387 cm³/mol. The van der Waals surface area contributed by atoms with Crippen LogP contribution in [0.5, 0.6) is 0 Å². The number of likely N-dealkylation sites (tertiary alicyclic amines) is 1. The first-order valence-electron chi connectivity index (χ1n) is 34.8. The van der Waals surface area contributed by atoms with Crippen LogP contribution in [0.25, 0.3) is 0 Å². The molecule has 2 aliphatic rings. The summed E-state index contributed by atoms with van der Waals surface area (Å²) in [5.41, 5.74) is 16.5. The van der Waals surface area contributed by atoms with Gasteiger partial charge in [-0.1, -0.05) is 44.2 Å². The van der Waals surface area contributed by atoms with Gasteiger partial charge in [0.1, 0.15) is 79.0 Å². The van der Waals surface area contributed by atoms with E-state index in [1.54, 1.807) is 32.0 Å². The molecule has 45 heteroatoms. The fraction of sp³-hybridized carbons (Fsp3) is 0.600. The number of hydrogen-bond donors (Lipinski definition) is 24. The van der Waals surface area contributed by atoms with Crippen LogP contribution in [0.3, 0.4) is 0 Å². The van der Waals surface area contributed by atoms with Crippen LogP contribution in [0.15, 0.2) is 30.3 Å². The Balaban J connectivity index is 1.79. The standard InChI is InChI=1S/C65H98N18O25S2/c1-30(2)21-37(58(101)73-34(14-17-49(90)91)53(96)71-26-51(94)95)75-62(105)43(29-110)80-59(102)38(22-32-9-5-4-6-10-32)77-64(107)52(31(3)85)82-60(103)39(23-46(67)87)76-61(104)41(27-84)79-57(100)36(15-18-50(92)93)74-56(99)35(13-16-45(66)86)72-48(89)25-70-54(97)42(28-109)81-63(106)44-12-8-20-83(44)65(108)40(24-47(68)88)78-55(98)33-11-7-19-69-33/h4-6,9-10,30-31,33-44,52,69,84-85,109-110H,7-8,11-29H2,1-3H3,(H2,66,86)(H2,67,87)(H2,68,88)(H,70,97)(H,71,96)(H,72,89)(H,73,101)(H,74,99)(H,75,105)(H,76,104)(H,77,107)(H,78,98)(H,79,100)(H,80,102)(H,81,106)(H,82,103)(H,90,91)(H,92,93)(H,94,95)/t31-,33+,34+,35+,36+,37+,38+,39+,40+,41+,42+,43+,44+,52+/m1/s1. The largest absolute Gasteiger partial charge is 0.481 e. The summed E-state index contributed by atoms with van der Waals surface area (Å²) in [6, 6.07) is -13.3. The van der Waals surface area contributed by atoms with Gasteiger partial charge in [0.2, 0.25) is 100 Å². The average Bonchev–Trinajstić information content (AvgIpc) is 1.60. The van der Waals surface area contributed by atoms with Crippen LogP contribution in [0.1, 0.15) is 110 Å². The van der Waals surface area contributed by atoms with Gasteiger partial charge in [0, 0.05) is 43.7 Å². The van der Waals surface area contributed by atoms with E-state index in [0.29, 0.717) is 31.4 Å². The van der Waals surface area contributed by atoms with Crippen LogP contribution in [-0.4, -0.2) is 278 Å². The molecule has 0 radical (unpaired) electrons. The van der Waals surface area contributed by atoms with Crippen LogP contribution in [-0.2, 0) is 102 Å². The maximum atomic E-state index is 14.2. The number of carbonyl (C=O) groups excluding carboxylic acids is 17. The number of nitrogens with zero attached hydrogens (tertiary/aromatic N) is 1. The van der Waals surface area contributed by atoms with Crippen molar-refractivity contribution >= 4 is 144 Å². The Bertz CT molecular complexity index is 3500. The summed E-state index contributed by atoms with van der Waals surface area (Å²) in [6.45, 7) is 1.75. The molecular weight excluding hydrogens is 1500 g/mol. The number of nitrogens with one attached hydrogen (secondary N) is 14. The number of rotatable bonds is 49. The van der Waals surface area contributed by atoms with Crippen LogP contribution < -0.4 is 91.6 Å². The summed E-state index contributed by atoms with van der Waals surface area (Å²) in [5.74, 6) is -24.2. The molecule has 0 spiro atoms. The molecule has 0 aromatic heterocycles. The van der Waals surface area contributed by atoms with Crippen molar-refractivity contribution in [3.63, 3.8) is 0 Å². The molecule has 1 aromatic carbocycles. The van der Waals surface area contributed by atoms with E-state index in [-0.39, 0.29) is 37.5 Å². The Morgan fingerprint density at radius 1 is 0.482 bits per heavy atom. The third-order valence-corrected chi connectivity index (χ3v) is 17.5. The molecule has 0 unspecified atom stereocenters. The molecule has 3 rings (SSSR count). The van der Waals surface area contributed by atoms with Gasteiger partial charge >= 0.3 is 17.9 Å². The molecule has 43 nitrogen and oxygen atoms in total. The van der Waals surface area contributed by atoms with Crippen molar-refractivity contribution in [2.75, 3.05) is 44.3 Å². The third kappa shape index (κ3) is 33.0. The molecule has 0 saturated carbocycles. The molecule has 2 heterocycles. The van der Waals surface area contributed by atoms with E-state index in [2.05, 4.69) is 89.1 Å². The number of aliphatic carboxylic acids is 3. The zero-order valence-electron chi connectivity index (χ0n) is 60.4. The lowest BCUT2D eigenvalue weighted by Gasteiger charge is -2.29. The Labute approximate surface area is 640 Å². The minimum absolute atomic E-state index is 0.0240. The topological polar surface area (TPSA) is 692 Å². The van der Waals surface area contributed by atoms with Gasteiger partial charge in [0.05, 0.1) is 38.1 Å². The van der Waals surface area contributed by atoms with E-state index in [0.717, 1.165) is 11.8 Å². The number of amides is 17. The van der Waals surface area contributed by atoms with E-state index >= 15 is 0 Å². The summed E-state index contributed by atoms with van der Waals surface area (Å²) in [4.78, 5) is 264. The smallest absolute Gasteiger partial charge is 0.322 e. The van der Waals surface area contributed by atoms with Crippen molar-refractivity contribution in [1.82, 2.24) is 79.3 Å². The SMILES string of the molecule is CC(C)C[C@H](NC(=O)[C@H](CS)NC(=O)[C@H](Cc1ccccc1)NC(=O)[C@@H](NC(=O)[C@H](CC(N)=O)NC(=O)[C@H](CO)NC(=O)[C@H](CCC(=O)O)NC(=O)[C@H](CCC(N)=O)NC(=O)CNC(=O)[C@H](CS)NC(=O)[C@@H]1CCCN1C(=O)[C@H](CC(N)=O)NC(=O)[C@@H]1CCCN1)[C@@H](C)O)C(=O)N[C@@H](CCC(=O)O)C(=O)NCC(=O)O.